The number of nitrogens with one attached hydrogen (secondary N) is 2. The smallest absolute Gasteiger partial charge is 0.259 e. The molecule has 3 aliphatic rings. The Kier molecular flexibility index (Phi) is 4.28. The Bertz CT molecular complexity index is 1080. The minimum atomic E-state index is -0.152. The first-order valence-electron chi connectivity index (χ1n) is 10.2. The molecule has 2 aromatic rings. The number of carbonyl (C=O) groups excluding carboxylic acids is 1. The van der Waals surface area contributed by atoms with Gasteiger partial charge in [-0.05, 0) is 62.3 Å². The average Bonchev–Trinajstić information content (AvgIpc) is 3.27. The van der Waals surface area contributed by atoms with E-state index in [2.05, 4.69) is 22.2 Å². The SMILES string of the molecule is CNc1cc[nH]c(=O)c1C1=Nc2cc3c(cc2C1)C(=O)N(C1CCN(C)CC1)C3. The van der Waals surface area contributed by atoms with Crippen LogP contribution >= 0.6 is 0 Å². The number of hydrogen-bond donors (Lipinski definition) is 2. The molecule has 1 amide bonds. The van der Waals surface area contributed by atoms with Crippen molar-refractivity contribution in [3.05, 3.63) is 57.0 Å². The third-order valence-electron chi connectivity index (χ3n) is 6.40. The van der Waals surface area contributed by atoms with Gasteiger partial charge >= 0.3 is 0 Å². The molecule has 0 radical (unpaired) electrons. The molecular formula is C22H25N5O2. The topological polar surface area (TPSA) is 80.8 Å². The van der Waals surface area contributed by atoms with E-state index in [1.807, 2.05) is 23.1 Å². The second-order valence-corrected chi connectivity index (χ2v) is 8.19. The summed E-state index contributed by atoms with van der Waals surface area (Å²) in [5, 5.41) is 3.07. The number of piperidine rings is 1. The van der Waals surface area contributed by atoms with Gasteiger partial charge in [0.15, 0.2) is 0 Å². The van der Waals surface area contributed by atoms with Crippen LogP contribution in [-0.2, 0) is 13.0 Å². The van der Waals surface area contributed by atoms with E-state index in [1.54, 1.807) is 13.2 Å². The molecule has 1 saturated heterocycles. The third kappa shape index (κ3) is 2.97. The van der Waals surface area contributed by atoms with Crippen LogP contribution in [0, 0.1) is 0 Å². The van der Waals surface area contributed by atoms with Crippen LogP contribution in [-0.4, -0.2) is 59.6 Å². The zero-order valence-electron chi connectivity index (χ0n) is 16.8. The van der Waals surface area contributed by atoms with Crippen molar-refractivity contribution in [3.63, 3.8) is 0 Å². The molecule has 4 heterocycles. The molecule has 0 spiro atoms. The summed E-state index contributed by atoms with van der Waals surface area (Å²) in [4.78, 5) is 37.3. The maximum atomic E-state index is 13.1. The van der Waals surface area contributed by atoms with Gasteiger partial charge in [0.05, 0.1) is 22.6 Å². The molecule has 1 aromatic carbocycles. The first-order chi connectivity index (χ1) is 14.0. The number of aromatic amines is 1. The number of fused-ring (bicyclic) bond motifs is 2. The summed E-state index contributed by atoms with van der Waals surface area (Å²) in [5.74, 6) is 0.138. The Morgan fingerprint density at radius 1 is 1.17 bits per heavy atom. The lowest BCUT2D eigenvalue weighted by Gasteiger charge is -2.34. The molecule has 3 aliphatic heterocycles. The molecular weight excluding hydrogens is 366 g/mol. The van der Waals surface area contributed by atoms with Crippen molar-refractivity contribution in [1.29, 1.82) is 0 Å². The fourth-order valence-corrected chi connectivity index (χ4v) is 4.75. The van der Waals surface area contributed by atoms with Crippen molar-refractivity contribution in [2.75, 3.05) is 32.5 Å². The zero-order chi connectivity index (χ0) is 20.1. The van der Waals surface area contributed by atoms with E-state index in [-0.39, 0.29) is 11.5 Å². The molecule has 5 rings (SSSR count). The lowest BCUT2D eigenvalue weighted by Crippen LogP contribution is -2.43. The van der Waals surface area contributed by atoms with Gasteiger partial charge in [-0.2, -0.15) is 0 Å². The van der Waals surface area contributed by atoms with Crippen LogP contribution in [0.4, 0.5) is 11.4 Å². The predicted octanol–water partition coefficient (Wildman–Crippen LogP) is 2.14. The van der Waals surface area contributed by atoms with Gasteiger partial charge in [0.1, 0.15) is 0 Å². The average molecular weight is 391 g/mol. The number of aromatic nitrogens is 1. The van der Waals surface area contributed by atoms with Crippen LogP contribution in [0.5, 0.6) is 0 Å². The number of H-pyrrole nitrogens is 1. The molecule has 7 nitrogen and oxygen atoms in total. The van der Waals surface area contributed by atoms with E-state index < -0.39 is 0 Å². The number of amides is 1. The van der Waals surface area contributed by atoms with Crippen molar-refractivity contribution >= 4 is 23.0 Å². The fourth-order valence-electron chi connectivity index (χ4n) is 4.75. The summed E-state index contributed by atoms with van der Waals surface area (Å²) in [5.41, 5.74) is 5.67. The minimum Gasteiger partial charge on any atom is -0.387 e. The molecule has 150 valence electrons. The molecule has 0 bridgehead atoms. The van der Waals surface area contributed by atoms with Gasteiger partial charge in [-0.25, -0.2) is 0 Å². The van der Waals surface area contributed by atoms with Crippen molar-refractivity contribution in [2.45, 2.75) is 31.8 Å². The Hall–Kier alpha value is -2.93. The standard InChI is InChI=1S/C22H25N5O2/c1-23-17-3-6-24-21(28)20(17)19-10-13-9-16-14(11-18(13)25-19)12-27(22(16)29)15-4-7-26(2)8-5-15/h3,6,9,11,15H,4-5,7-8,10,12H2,1-2H3,(H2,23,24,28). The molecule has 2 N–H and O–H groups in total. The molecule has 0 atom stereocenters. The lowest BCUT2D eigenvalue weighted by molar-refractivity contribution is 0.0617. The van der Waals surface area contributed by atoms with Gasteiger partial charge in [-0.3, -0.25) is 14.6 Å². The van der Waals surface area contributed by atoms with Crippen molar-refractivity contribution in [3.8, 4) is 0 Å². The summed E-state index contributed by atoms with van der Waals surface area (Å²) in [7, 11) is 3.93. The Balaban J connectivity index is 1.44. The number of rotatable bonds is 3. The maximum absolute atomic E-state index is 13.1. The van der Waals surface area contributed by atoms with Gasteiger partial charge in [0.25, 0.3) is 11.5 Å². The molecule has 1 fully saturated rings. The van der Waals surface area contributed by atoms with E-state index in [1.165, 1.54) is 0 Å². The Morgan fingerprint density at radius 3 is 2.72 bits per heavy atom. The van der Waals surface area contributed by atoms with E-state index in [0.717, 1.165) is 59.7 Å². The van der Waals surface area contributed by atoms with Gasteiger partial charge in [0.2, 0.25) is 0 Å². The molecule has 0 aliphatic carbocycles. The van der Waals surface area contributed by atoms with Crippen molar-refractivity contribution in [1.82, 2.24) is 14.8 Å². The maximum Gasteiger partial charge on any atom is 0.259 e. The molecule has 1 aromatic heterocycles. The van der Waals surface area contributed by atoms with E-state index in [9.17, 15) is 9.59 Å². The number of hydrogen-bond acceptors (Lipinski definition) is 5. The first kappa shape index (κ1) is 18.1. The summed E-state index contributed by atoms with van der Waals surface area (Å²) >= 11 is 0. The number of benzene rings is 1. The first-order valence-corrected chi connectivity index (χ1v) is 10.2. The summed E-state index contributed by atoms with van der Waals surface area (Å²) in [6.07, 6.45) is 4.25. The van der Waals surface area contributed by atoms with Crippen LogP contribution in [0.15, 0.2) is 34.2 Å². The normalized spacial score (nSPS) is 19.3. The number of anilines is 1. The second-order valence-electron chi connectivity index (χ2n) is 8.19. The highest BCUT2D eigenvalue weighted by Crippen LogP contribution is 2.37. The van der Waals surface area contributed by atoms with Crippen LogP contribution in [0.25, 0.3) is 0 Å². The Labute approximate surface area is 169 Å². The van der Waals surface area contributed by atoms with Crippen molar-refractivity contribution < 1.29 is 4.79 Å². The number of pyridine rings is 1. The van der Waals surface area contributed by atoms with Crippen LogP contribution in [0.2, 0.25) is 0 Å². The minimum absolute atomic E-state index is 0.138. The monoisotopic (exact) mass is 391 g/mol. The number of likely N-dealkylation sites (tertiary alicyclic amines) is 1. The molecule has 7 heteroatoms. The van der Waals surface area contributed by atoms with Crippen LogP contribution < -0.4 is 10.9 Å². The largest absolute Gasteiger partial charge is 0.387 e. The third-order valence-corrected chi connectivity index (χ3v) is 6.40. The number of nitrogens with zero attached hydrogens (tertiary/aromatic N) is 3. The summed E-state index contributed by atoms with van der Waals surface area (Å²) < 4.78 is 0. The molecule has 0 saturated carbocycles. The zero-order valence-corrected chi connectivity index (χ0v) is 16.8. The van der Waals surface area contributed by atoms with Crippen molar-refractivity contribution in [2.24, 2.45) is 4.99 Å². The second kappa shape index (κ2) is 6.84. The van der Waals surface area contributed by atoms with E-state index in [4.69, 9.17) is 4.99 Å². The Morgan fingerprint density at radius 2 is 1.97 bits per heavy atom. The summed E-state index contributed by atoms with van der Waals surface area (Å²) in [6, 6.07) is 6.20. The predicted molar refractivity (Wildman–Crippen MR) is 113 cm³/mol. The number of carbonyl (C=O) groups is 1. The van der Waals surface area contributed by atoms with E-state index >= 15 is 0 Å². The van der Waals surface area contributed by atoms with Gasteiger partial charge in [-0.15, -0.1) is 0 Å². The number of aliphatic imine (C=N–C) groups is 1. The van der Waals surface area contributed by atoms with Crippen LogP contribution in [0.1, 0.15) is 39.9 Å². The fraction of sp³-hybridized carbons (Fsp3) is 0.409. The highest BCUT2D eigenvalue weighted by atomic mass is 16.2. The van der Waals surface area contributed by atoms with Gasteiger partial charge in [0, 0.05) is 37.8 Å². The quantitative estimate of drug-likeness (QED) is 0.840. The van der Waals surface area contributed by atoms with Gasteiger partial charge < -0.3 is 20.1 Å². The molecule has 0 unspecified atom stereocenters. The highest BCUT2D eigenvalue weighted by Gasteiger charge is 2.35. The van der Waals surface area contributed by atoms with Crippen LogP contribution in [0.3, 0.4) is 0 Å². The highest BCUT2D eigenvalue weighted by molar-refractivity contribution is 6.10. The van der Waals surface area contributed by atoms with Gasteiger partial charge in [-0.1, -0.05) is 0 Å². The lowest BCUT2D eigenvalue weighted by atomic mass is 10.00. The van der Waals surface area contributed by atoms with E-state index in [0.29, 0.717) is 24.6 Å². The molecule has 29 heavy (non-hydrogen) atoms. The summed E-state index contributed by atoms with van der Waals surface area (Å²) in [6.45, 7) is 2.73.